The molecule has 0 bridgehead atoms. The molecule has 36 heavy (non-hydrogen) atoms. The number of carbonyl (C=O) groups is 2. The van der Waals surface area contributed by atoms with Crippen LogP contribution in [0.5, 0.6) is 23.0 Å². The summed E-state index contributed by atoms with van der Waals surface area (Å²) in [6.45, 7) is -0.594. The molecule has 3 aromatic rings. The summed E-state index contributed by atoms with van der Waals surface area (Å²) in [6.07, 6.45) is 0.982. The Morgan fingerprint density at radius 1 is 0.861 bits per heavy atom. The second kappa shape index (κ2) is 11.5. The SMILES string of the molecule is COC(=O)c1cc(OC)c(OC)cc1NC(=O)CN(c1ccccc1Oc1ccccc1)S(C)(=O)=O. The van der Waals surface area contributed by atoms with Crippen LogP contribution in [0.3, 0.4) is 0 Å². The van der Waals surface area contributed by atoms with Crippen LogP contribution in [-0.2, 0) is 19.6 Å². The molecule has 0 saturated heterocycles. The molecule has 10 nitrogen and oxygen atoms in total. The van der Waals surface area contributed by atoms with E-state index in [-0.39, 0.29) is 34.2 Å². The third kappa shape index (κ3) is 6.25. The number of amides is 1. The zero-order valence-corrected chi connectivity index (χ0v) is 21.0. The Hall–Kier alpha value is -4.25. The van der Waals surface area contributed by atoms with Crippen LogP contribution < -0.4 is 23.8 Å². The van der Waals surface area contributed by atoms with Gasteiger partial charge in [0.05, 0.1) is 44.5 Å². The Morgan fingerprint density at radius 2 is 1.47 bits per heavy atom. The molecule has 190 valence electrons. The molecule has 3 rings (SSSR count). The summed E-state index contributed by atoms with van der Waals surface area (Å²) in [7, 11) is 0.0737. The van der Waals surface area contributed by atoms with E-state index in [4.69, 9.17) is 18.9 Å². The second-order valence-electron chi connectivity index (χ2n) is 7.45. The van der Waals surface area contributed by atoms with Crippen LogP contribution in [0.15, 0.2) is 66.7 Å². The smallest absolute Gasteiger partial charge is 0.340 e. The number of ether oxygens (including phenoxy) is 4. The summed E-state index contributed by atoms with van der Waals surface area (Å²) in [4.78, 5) is 25.4. The number of hydrogen-bond donors (Lipinski definition) is 1. The summed E-state index contributed by atoms with van der Waals surface area (Å²) < 4.78 is 47.5. The van der Waals surface area contributed by atoms with Gasteiger partial charge in [-0.1, -0.05) is 30.3 Å². The maximum Gasteiger partial charge on any atom is 0.340 e. The first-order valence-electron chi connectivity index (χ1n) is 10.6. The van der Waals surface area contributed by atoms with Crippen molar-refractivity contribution in [2.75, 3.05) is 43.8 Å². The van der Waals surface area contributed by atoms with Crippen LogP contribution >= 0.6 is 0 Å². The quantitative estimate of drug-likeness (QED) is 0.407. The summed E-state index contributed by atoms with van der Waals surface area (Å²) in [5, 5.41) is 2.57. The molecule has 3 aromatic carbocycles. The van der Waals surface area contributed by atoms with Crippen molar-refractivity contribution in [2.24, 2.45) is 0 Å². The molecular weight excluding hydrogens is 488 g/mol. The van der Waals surface area contributed by atoms with Crippen molar-refractivity contribution < 1.29 is 37.0 Å². The Balaban J connectivity index is 1.94. The highest BCUT2D eigenvalue weighted by Crippen LogP contribution is 2.35. The first kappa shape index (κ1) is 26.4. The molecule has 0 unspecified atom stereocenters. The van der Waals surface area contributed by atoms with E-state index >= 15 is 0 Å². The summed E-state index contributed by atoms with van der Waals surface area (Å²) in [5.74, 6) is -0.206. The molecule has 0 aromatic heterocycles. The molecule has 0 spiro atoms. The zero-order chi connectivity index (χ0) is 26.3. The van der Waals surface area contributed by atoms with Crippen LogP contribution in [0, 0.1) is 0 Å². The lowest BCUT2D eigenvalue weighted by Gasteiger charge is -2.24. The van der Waals surface area contributed by atoms with E-state index in [0.717, 1.165) is 10.6 Å². The minimum absolute atomic E-state index is 0.00205. The predicted octanol–water partition coefficient (Wildman–Crippen LogP) is 3.69. The molecule has 11 heteroatoms. The van der Waals surface area contributed by atoms with E-state index < -0.39 is 28.4 Å². The number of esters is 1. The number of sulfonamides is 1. The molecule has 0 aliphatic carbocycles. The fourth-order valence-electron chi connectivity index (χ4n) is 3.33. The number of hydrogen-bond acceptors (Lipinski definition) is 8. The van der Waals surface area contributed by atoms with Crippen molar-refractivity contribution in [2.45, 2.75) is 0 Å². The number of benzene rings is 3. The van der Waals surface area contributed by atoms with Crippen molar-refractivity contribution in [1.82, 2.24) is 0 Å². The third-order valence-corrected chi connectivity index (χ3v) is 6.12. The molecule has 0 aliphatic heterocycles. The van der Waals surface area contributed by atoms with Gasteiger partial charge in [-0.25, -0.2) is 13.2 Å². The Morgan fingerprint density at radius 3 is 2.08 bits per heavy atom. The molecule has 0 atom stereocenters. The highest BCUT2D eigenvalue weighted by atomic mass is 32.2. The van der Waals surface area contributed by atoms with Crippen molar-refractivity contribution in [3.05, 3.63) is 72.3 Å². The highest BCUT2D eigenvalue weighted by molar-refractivity contribution is 7.92. The van der Waals surface area contributed by atoms with Crippen LogP contribution in [0.1, 0.15) is 10.4 Å². The lowest BCUT2D eigenvalue weighted by atomic mass is 10.1. The van der Waals surface area contributed by atoms with Gasteiger partial charge >= 0.3 is 5.97 Å². The van der Waals surface area contributed by atoms with Gasteiger partial charge in [0.2, 0.25) is 15.9 Å². The lowest BCUT2D eigenvalue weighted by Crippen LogP contribution is -2.37. The average Bonchev–Trinajstić information content (AvgIpc) is 2.87. The molecule has 0 radical (unpaired) electrons. The fraction of sp³-hybridized carbons (Fsp3) is 0.200. The molecular formula is C25H26N2O8S. The number of rotatable bonds is 10. The maximum absolute atomic E-state index is 13.0. The van der Waals surface area contributed by atoms with Gasteiger partial charge in [0.1, 0.15) is 12.3 Å². The third-order valence-electron chi connectivity index (χ3n) is 5.00. The molecule has 1 amide bonds. The van der Waals surface area contributed by atoms with E-state index in [1.54, 1.807) is 42.5 Å². The normalized spacial score (nSPS) is 10.8. The fourth-order valence-corrected chi connectivity index (χ4v) is 4.19. The number of para-hydroxylation sites is 3. The Kier molecular flexibility index (Phi) is 8.38. The molecule has 0 heterocycles. The first-order valence-corrected chi connectivity index (χ1v) is 12.5. The monoisotopic (exact) mass is 514 g/mol. The minimum atomic E-state index is -3.92. The highest BCUT2D eigenvalue weighted by Gasteiger charge is 2.26. The number of methoxy groups -OCH3 is 3. The van der Waals surface area contributed by atoms with Gasteiger partial charge in [-0.05, 0) is 24.3 Å². The predicted molar refractivity (Wildman–Crippen MR) is 135 cm³/mol. The van der Waals surface area contributed by atoms with E-state index in [1.165, 1.54) is 39.5 Å². The standard InChI is InChI=1S/C25H26N2O8S/c1-32-22-14-18(25(29)34-3)19(15-23(22)33-2)26-24(28)16-27(36(4,30)31)20-12-8-9-13-21(20)35-17-10-6-5-7-11-17/h5-15H,16H2,1-4H3,(H,26,28). The number of nitrogens with one attached hydrogen (secondary N) is 1. The summed E-state index contributed by atoms with van der Waals surface area (Å²) >= 11 is 0. The van der Waals surface area contributed by atoms with E-state index in [1.807, 2.05) is 6.07 Å². The molecule has 1 N–H and O–H groups in total. The van der Waals surface area contributed by atoms with E-state index in [0.29, 0.717) is 5.75 Å². The second-order valence-corrected chi connectivity index (χ2v) is 9.35. The molecule has 0 aliphatic rings. The van der Waals surface area contributed by atoms with Crippen LogP contribution in [0.4, 0.5) is 11.4 Å². The Bertz CT molecular complexity index is 1340. The van der Waals surface area contributed by atoms with Gasteiger partial charge in [-0.3, -0.25) is 9.10 Å². The van der Waals surface area contributed by atoms with E-state index in [9.17, 15) is 18.0 Å². The van der Waals surface area contributed by atoms with Crippen LogP contribution in [-0.4, -0.2) is 54.4 Å². The molecule has 0 saturated carbocycles. The number of carbonyl (C=O) groups excluding carboxylic acids is 2. The van der Waals surface area contributed by atoms with Gasteiger partial charge in [0.25, 0.3) is 0 Å². The van der Waals surface area contributed by atoms with Gasteiger partial charge in [0, 0.05) is 12.1 Å². The lowest BCUT2D eigenvalue weighted by molar-refractivity contribution is -0.114. The summed E-state index contributed by atoms with van der Waals surface area (Å²) in [6, 6.07) is 18.0. The van der Waals surface area contributed by atoms with E-state index in [2.05, 4.69) is 5.32 Å². The van der Waals surface area contributed by atoms with Crippen LogP contribution in [0.2, 0.25) is 0 Å². The van der Waals surface area contributed by atoms with Crippen LogP contribution in [0.25, 0.3) is 0 Å². The van der Waals surface area contributed by atoms with Crippen molar-refractivity contribution in [3.8, 4) is 23.0 Å². The average molecular weight is 515 g/mol. The van der Waals surface area contributed by atoms with Gasteiger partial charge in [0.15, 0.2) is 17.2 Å². The largest absolute Gasteiger partial charge is 0.493 e. The maximum atomic E-state index is 13.0. The first-order chi connectivity index (χ1) is 17.2. The number of nitrogens with zero attached hydrogens (tertiary/aromatic N) is 1. The summed E-state index contributed by atoms with van der Waals surface area (Å²) in [5.41, 5.74) is 0.230. The molecule has 0 fully saturated rings. The number of anilines is 2. The zero-order valence-electron chi connectivity index (χ0n) is 20.2. The topological polar surface area (TPSA) is 120 Å². The van der Waals surface area contributed by atoms with Gasteiger partial charge in [-0.15, -0.1) is 0 Å². The van der Waals surface area contributed by atoms with Gasteiger partial charge in [-0.2, -0.15) is 0 Å². The Labute approximate surface area is 209 Å². The van der Waals surface area contributed by atoms with Crippen molar-refractivity contribution in [1.29, 1.82) is 0 Å². The van der Waals surface area contributed by atoms with Crippen molar-refractivity contribution in [3.63, 3.8) is 0 Å². The van der Waals surface area contributed by atoms with Crippen molar-refractivity contribution >= 4 is 33.3 Å². The minimum Gasteiger partial charge on any atom is -0.493 e. The van der Waals surface area contributed by atoms with Gasteiger partial charge < -0.3 is 24.3 Å².